The Morgan fingerprint density at radius 1 is 1.15 bits per heavy atom. The van der Waals surface area contributed by atoms with Gasteiger partial charge in [0.2, 0.25) is 0 Å². The van der Waals surface area contributed by atoms with Crippen LogP contribution in [0.1, 0.15) is 36.8 Å². The topological polar surface area (TPSA) is 68.7 Å². The molecule has 0 atom stereocenters. The number of aromatic nitrogens is 1. The number of ether oxygens (including phenoxy) is 2. The van der Waals surface area contributed by atoms with Gasteiger partial charge in [0.25, 0.3) is 0 Å². The van der Waals surface area contributed by atoms with Gasteiger partial charge in [-0.2, -0.15) is 0 Å². The number of carboxylic acids is 1. The molecule has 1 aliphatic carbocycles. The van der Waals surface area contributed by atoms with Crippen molar-refractivity contribution in [3.63, 3.8) is 0 Å². The van der Waals surface area contributed by atoms with Gasteiger partial charge < -0.3 is 14.6 Å². The number of halogens is 1. The largest absolute Gasteiger partial charge is 0.493 e. The average molecular weight is 376 g/mol. The van der Waals surface area contributed by atoms with Crippen LogP contribution in [-0.4, -0.2) is 29.3 Å². The summed E-state index contributed by atoms with van der Waals surface area (Å²) >= 11 is 0. The molecule has 1 saturated carbocycles. The number of nitrogens with zero attached hydrogens (tertiary/aromatic N) is 1. The van der Waals surface area contributed by atoms with E-state index >= 15 is 0 Å². The van der Waals surface area contributed by atoms with E-state index in [0.29, 0.717) is 17.1 Å². The van der Waals surface area contributed by atoms with Gasteiger partial charge in [-0.1, -0.05) is 6.07 Å². The summed E-state index contributed by atoms with van der Waals surface area (Å²) in [5.74, 6) is 0.327. The third-order valence-corrected chi connectivity index (χ3v) is 4.32. The van der Waals surface area contributed by atoms with E-state index in [9.17, 15) is 9.90 Å². The van der Waals surface area contributed by atoms with Gasteiger partial charge >= 0.3 is 5.97 Å². The average Bonchev–Trinajstić information content (AvgIpc) is 3.13. The number of hydrogen-bond donors (Lipinski definition) is 1. The molecule has 26 heavy (non-hydrogen) atoms. The standard InChI is InChI=1S/C20H21NO4.ClH/c1-24-18-7-6-14(13-19(18)25-16-4-2-3-5-16)12-17(20(22)23)15-8-10-21-11-9-15;/h6-13,16H,2-5H2,1H3,(H,22,23);1H/b17-12+;. The number of carbonyl (C=O) groups is 1. The highest BCUT2D eigenvalue weighted by atomic mass is 35.5. The highest BCUT2D eigenvalue weighted by Crippen LogP contribution is 2.33. The number of methoxy groups -OCH3 is 1. The Kier molecular flexibility index (Phi) is 7.04. The summed E-state index contributed by atoms with van der Waals surface area (Å²) in [5.41, 5.74) is 1.57. The molecular formula is C20H22ClNO4. The fraction of sp³-hybridized carbons (Fsp3) is 0.300. The summed E-state index contributed by atoms with van der Waals surface area (Å²) in [4.78, 5) is 15.6. The fourth-order valence-electron chi connectivity index (χ4n) is 3.03. The summed E-state index contributed by atoms with van der Waals surface area (Å²) in [6.07, 6.45) is 9.44. The molecule has 0 spiro atoms. The lowest BCUT2D eigenvalue weighted by atomic mass is 10.0. The zero-order chi connectivity index (χ0) is 17.6. The zero-order valence-corrected chi connectivity index (χ0v) is 15.4. The third kappa shape index (κ3) is 4.76. The van der Waals surface area contributed by atoms with E-state index in [-0.39, 0.29) is 24.1 Å². The molecule has 6 heteroatoms. The van der Waals surface area contributed by atoms with Crippen molar-refractivity contribution in [2.24, 2.45) is 0 Å². The minimum absolute atomic E-state index is 0. The maximum Gasteiger partial charge on any atom is 0.336 e. The van der Waals surface area contributed by atoms with E-state index in [0.717, 1.165) is 18.4 Å². The highest BCUT2D eigenvalue weighted by molar-refractivity contribution is 6.20. The second-order valence-corrected chi connectivity index (χ2v) is 6.03. The van der Waals surface area contributed by atoms with Crippen molar-refractivity contribution in [3.05, 3.63) is 53.9 Å². The van der Waals surface area contributed by atoms with Crippen LogP contribution in [0.2, 0.25) is 0 Å². The molecule has 2 aromatic rings. The molecule has 0 bridgehead atoms. The van der Waals surface area contributed by atoms with E-state index in [1.165, 1.54) is 12.8 Å². The molecule has 1 N–H and O–H groups in total. The normalized spacial score (nSPS) is 14.6. The Bertz CT molecular complexity index is 771. The van der Waals surface area contributed by atoms with E-state index in [1.54, 1.807) is 37.7 Å². The Hall–Kier alpha value is -2.53. The Balaban J connectivity index is 0.00000243. The molecule has 0 aliphatic heterocycles. The number of rotatable bonds is 6. The van der Waals surface area contributed by atoms with Gasteiger partial charge in [0.15, 0.2) is 11.5 Å². The summed E-state index contributed by atoms with van der Waals surface area (Å²) in [6.45, 7) is 0. The predicted molar refractivity (Wildman–Crippen MR) is 103 cm³/mol. The van der Waals surface area contributed by atoms with Gasteiger partial charge in [-0.25, -0.2) is 4.79 Å². The van der Waals surface area contributed by atoms with Crippen LogP contribution in [0.15, 0.2) is 42.7 Å². The van der Waals surface area contributed by atoms with Crippen LogP contribution in [0.5, 0.6) is 11.5 Å². The van der Waals surface area contributed by atoms with Crippen molar-refractivity contribution in [3.8, 4) is 11.5 Å². The van der Waals surface area contributed by atoms with E-state index in [2.05, 4.69) is 4.98 Å². The van der Waals surface area contributed by atoms with Crippen LogP contribution < -0.4 is 9.47 Å². The van der Waals surface area contributed by atoms with Crippen LogP contribution in [0.4, 0.5) is 0 Å². The van der Waals surface area contributed by atoms with Crippen LogP contribution in [0.3, 0.4) is 0 Å². The zero-order valence-electron chi connectivity index (χ0n) is 14.6. The number of pyridine rings is 1. The monoisotopic (exact) mass is 375 g/mol. The Morgan fingerprint density at radius 2 is 1.85 bits per heavy atom. The van der Waals surface area contributed by atoms with E-state index in [1.807, 2.05) is 18.2 Å². The molecule has 1 heterocycles. The van der Waals surface area contributed by atoms with Crippen LogP contribution >= 0.6 is 12.4 Å². The summed E-state index contributed by atoms with van der Waals surface area (Å²) in [7, 11) is 1.60. The lowest BCUT2D eigenvalue weighted by Gasteiger charge is -2.16. The first-order valence-corrected chi connectivity index (χ1v) is 8.37. The van der Waals surface area contributed by atoms with Gasteiger partial charge in [0.05, 0.1) is 18.8 Å². The van der Waals surface area contributed by atoms with Gasteiger partial charge in [0.1, 0.15) is 0 Å². The molecule has 5 nitrogen and oxygen atoms in total. The Morgan fingerprint density at radius 3 is 2.46 bits per heavy atom. The van der Waals surface area contributed by atoms with Crippen molar-refractivity contribution in [1.82, 2.24) is 4.98 Å². The van der Waals surface area contributed by atoms with Crippen molar-refractivity contribution in [1.29, 1.82) is 0 Å². The fourth-order valence-corrected chi connectivity index (χ4v) is 3.03. The smallest absolute Gasteiger partial charge is 0.336 e. The SMILES string of the molecule is COc1ccc(/C=C(/C(=O)O)c2ccncc2)cc1OC1CCCC1.Cl. The first-order chi connectivity index (χ1) is 12.2. The van der Waals surface area contributed by atoms with Gasteiger partial charge in [-0.05, 0) is 67.2 Å². The molecule has 138 valence electrons. The first kappa shape index (κ1) is 19.8. The molecule has 1 aromatic carbocycles. The molecule has 3 rings (SSSR count). The predicted octanol–water partition coefficient (Wildman–Crippen LogP) is 4.46. The second kappa shape index (κ2) is 9.25. The van der Waals surface area contributed by atoms with Gasteiger partial charge in [-0.3, -0.25) is 4.98 Å². The minimum atomic E-state index is -0.986. The molecular weight excluding hydrogens is 354 g/mol. The van der Waals surface area contributed by atoms with E-state index in [4.69, 9.17) is 9.47 Å². The lowest BCUT2D eigenvalue weighted by molar-refractivity contribution is -0.130. The van der Waals surface area contributed by atoms with Crippen LogP contribution in [-0.2, 0) is 4.79 Å². The summed E-state index contributed by atoms with van der Waals surface area (Å²) < 4.78 is 11.5. The van der Waals surface area contributed by atoms with Crippen molar-refractivity contribution in [2.45, 2.75) is 31.8 Å². The van der Waals surface area contributed by atoms with Gasteiger partial charge in [-0.15, -0.1) is 12.4 Å². The quantitative estimate of drug-likeness (QED) is 0.755. The third-order valence-electron chi connectivity index (χ3n) is 4.32. The highest BCUT2D eigenvalue weighted by Gasteiger charge is 2.19. The Labute approximate surface area is 159 Å². The molecule has 1 aliphatic rings. The molecule has 0 amide bonds. The van der Waals surface area contributed by atoms with Crippen molar-refractivity contribution in [2.75, 3.05) is 7.11 Å². The molecule has 0 radical (unpaired) electrons. The molecule has 0 unspecified atom stereocenters. The number of hydrogen-bond acceptors (Lipinski definition) is 4. The maximum atomic E-state index is 11.6. The number of benzene rings is 1. The van der Waals surface area contributed by atoms with E-state index < -0.39 is 5.97 Å². The summed E-state index contributed by atoms with van der Waals surface area (Å²) in [5, 5.41) is 9.54. The summed E-state index contributed by atoms with van der Waals surface area (Å²) in [6, 6.07) is 8.83. The molecule has 1 fully saturated rings. The number of carboxylic acid groups (broad SMARTS) is 1. The van der Waals surface area contributed by atoms with Crippen LogP contribution in [0.25, 0.3) is 11.6 Å². The molecule has 0 saturated heterocycles. The van der Waals surface area contributed by atoms with Gasteiger partial charge in [0, 0.05) is 12.4 Å². The molecule has 1 aromatic heterocycles. The van der Waals surface area contributed by atoms with Crippen LogP contribution in [0, 0.1) is 0 Å². The first-order valence-electron chi connectivity index (χ1n) is 8.37. The van der Waals surface area contributed by atoms with Crippen molar-refractivity contribution < 1.29 is 19.4 Å². The lowest BCUT2D eigenvalue weighted by Crippen LogP contribution is -2.11. The minimum Gasteiger partial charge on any atom is -0.493 e. The maximum absolute atomic E-state index is 11.6. The van der Waals surface area contributed by atoms with Crippen molar-refractivity contribution >= 4 is 30.0 Å². The second-order valence-electron chi connectivity index (χ2n) is 6.03. The number of aliphatic carboxylic acids is 1.